The highest BCUT2D eigenvalue weighted by atomic mass is 15.0. The molecule has 0 N–H and O–H groups in total. The molecule has 0 amide bonds. The van der Waals surface area contributed by atoms with Crippen molar-refractivity contribution in [3.05, 3.63) is 164 Å². The van der Waals surface area contributed by atoms with E-state index in [1.165, 1.54) is 71.1 Å². The first-order chi connectivity index (χ1) is 22.4. The van der Waals surface area contributed by atoms with E-state index < -0.39 is 0 Å². The maximum atomic E-state index is 2.42. The first kappa shape index (κ1) is 24.4. The average molecular weight is 574 g/mol. The van der Waals surface area contributed by atoms with Crippen molar-refractivity contribution in [3.8, 4) is 17.1 Å². The van der Waals surface area contributed by atoms with Crippen molar-refractivity contribution in [2.24, 2.45) is 0 Å². The van der Waals surface area contributed by atoms with E-state index in [1.54, 1.807) is 0 Å². The lowest BCUT2D eigenvalue weighted by molar-refractivity contribution is 1.14. The van der Waals surface area contributed by atoms with Crippen molar-refractivity contribution in [1.82, 2.24) is 13.7 Å². The summed E-state index contributed by atoms with van der Waals surface area (Å²) in [6.07, 6.45) is 0. The molecule has 0 aliphatic rings. The van der Waals surface area contributed by atoms with Gasteiger partial charge in [-0.3, -0.25) is 0 Å². The second-order valence-corrected chi connectivity index (χ2v) is 11.8. The van der Waals surface area contributed by atoms with Gasteiger partial charge in [0.25, 0.3) is 0 Å². The lowest BCUT2D eigenvalue weighted by Gasteiger charge is -2.12. The number of hydrogen-bond acceptors (Lipinski definition) is 0. The van der Waals surface area contributed by atoms with E-state index in [2.05, 4.69) is 177 Å². The number of fused-ring (bicyclic) bond motifs is 10. The summed E-state index contributed by atoms with van der Waals surface area (Å²) in [5, 5.41) is 7.67. The predicted octanol–water partition coefficient (Wildman–Crippen LogP) is 11.0. The quantitative estimate of drug-likeness (QED) is 0.200. The summed E-state index contributed by atoms with van der Waals surface area (Å²) in [5.74, 6) is 0. The highest BCUT2D eigenvalue weighted by molar-refractivity contribution is 6.28. The smallest absolute Gasteiger partial charge is 0.0548 e. The van der Waals surface area contributed by atoms with Crippen LogP contribution < -0.4 is 0 Å². The fourth-order valence-corrected chi connectivity index (χ4v) is 7.60. The zero-order valence-corrected chi connectivity index (χ0v) is 24.4. The van der Waals surface area contributed by atoms with Crippen LogP contribution in [0.5, 0.6) is 0 Å². The van der Waals surface area contributed by atoms with E-state index in [0.29, 0.717) is 0 Å². The van der Waals surface area contributed by atoms with E-state index in [9.17, 15) is 0 Å². The SMILES string of the molecule is c1ccc(-n2c3ccccc3c3c4c5ccccc5n(-c5ccc(-n6c7ccccc7c7ccccc76)cc5)c4ccc32)cc1. The molecule has 3 nitrogen and oxygen atoms in total. The van der Waals surface area contributed by atoms with Crippen molar-refractivity contribution in [1.29, 1.82) is 0 Å². The molecule has 0 unspecified atom stereocenters. The van der Waals surface area contributed by atoms with Crippen molar-refractivity contribution < 1.29 is 0 Å². The lowest BCUT2D eigenvalue weighted by Crippen LogP contribution is -1.97. The van der Waals surface area contributed by atoms with Gasteiger partial charge in [-0.2, -0.15) is 0 Å². The third-order valence-electron chi connectivity index (χ3n) is 9.43. The van der Waals surface area contributed by atoms with Gasteiger partial charge >= 0.3 is 0 Å². The molecule has 0 fully saturated rings. The fraction of sp³-hybridized carbons (Fsp3) is 0. The Balaban J connectivity index is 1.24. The summed E-state index contributed by atoms with van der Waals surface area (Å²) in [7, 11) is 0. The van der Waals surface area contributed by atoms with Gasteiger partial charge in [0.2, 0.25) is 0 Å². The second kappa shape index (κ2) is 9.22. The first-order valence-electron chi connectivity index (χ1n) is 15.5. The Morgan fingerprint density at radius 3 is 0.978 bits per heavy atom. The second-order valence-electron chi connectivity index (χ2n) is 11.8. The first-order valence-corrected chi connectivity index (χ1v) is 15.5. The summed E-state index contributed by atoms with van der Waals surface area (Å²) < 4.78 is 7.20. The number of rotatable bonds is 3. The summed E-state index contributed by atoms with van der Waals surface area (Å²) in [5.41, 5.74) is 10.8. The molecule has 210 valence electrons. The van der Waals surface area contributed by atoms with Crippen LogP contribution in [0.25, 0.3) is 82.5 Å². The van der Waals surface area contributed by atoms with Crippen LogP contribution in [0, 0.1) is 0 Å². The Hall–Kier alpha value is -6.06. The predicted molar refractivity (Wildman–Crippen MR) is 189 cm³/mol. The lowest BCUT2D eigenvalue weighted by atomic mass is 10.1. The van der Waals surface area contributed by atoms with Crippen molar-refractivity contribution >= 4 is 65.4 Å². The maximum Gasteiger partial charge on any atom is 0.0548 e. The van der Waals surface area contributed by atoms with Gasteiger partial charge < -0.3 is 13.7 Å². The Bertz CT molecular complexity index is 2690. The number of aromatic nitrogens is 3. The molecule has 3 heteroatoms. The molecule has 0 saturated carbocycles. The Labute approximate surface area is 259 Å². The Morgan fingerprint density at radius 1 is 0.222 bits per heavy atom. The molecule has 45 heavy (non-hydrogen) atoms. The van der Waals surface area contributed by atoms with Crippen LogP contribution in [-0.2, 0) is 0 Å². The minimum absolute atomic E-state index is 1.15. The van der Waals surface area contributed by atoms with Crippen LogP contribution in [0.3, 0.4) is 0 Å². The third-order valence-corrected chi connectivity index (χ3v) is 9.43. The maximum absolute atomic E-state index is 2.42. The van der Waals surface area contributed by atoms with E-state index in [4.69, 9.17) is 0 Å². The Morgan fingerprint density at radius 2 is 0.533 bits per heavy atom. The number of benzene rings is 7. The van der Waals surface area contributed by atoms with E-state index in [0.717, 1.165) is 11.4 Å². The summed E-state index contributed by atoms with van der Waals surface area (Å²) in [6.45, 7) is 0. The molecule has 0 aliphatic carbocycles. The molecule has 0 spiro atoms. The van der Waals surface area contributed by atoms with Crippen LogP contribution in [-0.4, -0.2) is 13.7 Å². The minimum Gasteiger partial charge on any atom is -0.309 e. The molecular formula is C42H27N3. The molecule has 0 saturated heterocycles. The standard InChI is InChI=1S/C42H27N3/c1-2-12-28(13-3-1)44-37-20-10-6-16-33(37)41-39(44)26-27-40-42(41)34-17-7-11-21-38(34)45(40)30-24-22-29(23-25-30)43-35-18-8-4-14-31(35)32-15-5-9-19-36(32)43/h1-27H. The van der Waals surface area contributed by atoms with Gasteiger partial charge in [-0.25, -0.2) is 0 Å². The Kier molecular flexibility index (Phi) is 5.00. The third kappa shape index (κ3) is 3.35. The highest BCUT2D eigenvalue weighted by Gasteiger charge is 2.20. The molecule has 0 bridgehead atoms. The number of hydrogen-bond donors (Lipinski definition) is 0. The molecule has 10 rings (SSSR count). The van der Waals surface area contributed by atoms with E-state index in [1.807, 2.05) is 0 Å². The van der Waals surface area contributed by atoms with Crippen molar-refractivity contribution in [2.45, 2.75) is 0 Å². The van der Waals surface area contributed by atoms with Gasteiger partial charge in [0, 0.05) is 49.4 Å². The fourth-order valence-electron chi connectivity index (χ4n) is 7.60. The number of para-hydroxylation sites is 5. The zero-order chi connectivity index (χ0) is 29.5. The molecule has 10 aromatic rings. The highest BCUT2D eigenvalue weighted by Crippen LogP contribution is 2.42. The van der Waals surface area contributed by atoms with Gasteiger partial charge in [0.05, 0.1) is 33.1 Å². The molecule has 0 aliphatic heterocycles. The van der Waals surface area contributed by atoms with Crippen molar-refractivity contribution in [3.63, 3.8) is 0 Å². The molecule has 0 radical (unpaired) electrons. The number of nitrogens with zero attached hydrogens (tertiary/aromatic N) is 3. The van der Waals surface area contributed by atoms with Crippen molar-refractivity contribution in [2.75, 3.05) is 0 Å². The minimum atomic E-state index is 1.15. The molecule has 0 atom stereocenters. The zero-order valence-electron chi connectivity index (χ0n) is 24.4. The summed E-state index contributed by atoms with van der Waals surface area (Å²) >= 11 is 0. The normalized spacial score (nSPS) is 12.0. The largest absolute Gasteiger partial charge is 0.309 e. The molecule has 3 heterocycles. The van der Waals surface area contributed by atoms with Gasteiger partial charge in [-0.1, -0.05) is 91.0 Å². The molecule has 3 aromatic heterocycles. The summed E-state index contributed by atoms with van der Waals surface area (Å²) in [4.78, 5) is 0. The van der Waals surface area contributed by atoms with Crippen LogP contribution >= 0.6 is 0 Å². The molecular weight excluding hydrogens is 546 g/mol. The topological polar surface area (TPSA) is 14.8 Å². The van der Waals surface area contributed by atoms with Gasteiger partial charge in [0.15, 0.2) is 0 Å². The monoisotopic (exact) mass is 573 g/mol. The van der Waals surface area contributed by atoms with Crippen LogP contribution in [0.4, 0.5) is 0 Å². The van der Waals surface area contributed by atoms with Gasteiger partial charge in [-0.15, -0.1) is 0 Å². The van der Waals surface area contributed by atoms with Gasteiger partial charge in [-0.05, 0) is 72.8 Å². The van der Waals surface area contributed by atoms with E-state index >= 15 is 0 Å². The van der Waals surface area contributed by atoms with E-state index in [-0.39, 0.29) is 0 Å². The average Bonchev–Trinajstić information content (AvgIpc) is 3.74. The molecule has 7 aromatic carbocycles. The van der Waals surface area contributed by atoms with Crippen LogP contribution in [0.2, 0.25) is 0 Å². The van der Waals surface area contributed by atoms with Gasteiger partial charge in [0.1, 0.15) is 0 Å². The van der Waals surface area contributed by atoms with Crippen LogP contribution in [0.1, 0.15) is 0 Å². The summed E-state index contributed by atoms with van der Waals surface area (Å²) in [6, 6.07) is 59.3. The van der Waals surface area contributed by atoms with Crippen LogP contribution in [0.15, 0.2) is 164 Å².